The number of hydrogen-bond acceptors (Lipinski definition) is 1. The van der Waals surface area contributed by atoms with E-state index in [0.29, 0.717) is 6.54 Å². The van der Waals surface area contributed by atoms with Crippen LogP contribution in [0.4, 0.5) is 0 Å². The molecule has 0 amide bonds. The lowest BCUT2D eigenvalue weighted by atomic mass is 10.1. The van der Waals surface area contributed by atoms with Crippen LogP contribution in [0, 0.1) is 0 Å². The molecule has 0 aliphatic rings. The van der Waals surface area contributed by atoms with Crippen LogP contribution in [0.1, 0.15) is 10.4 Å². The number of hydrogen-bond donors (Lipinski definition) is 0. The predicted molar refractivity (Wildman–Crippen MR) is 82.8 cm³/mol. The van der Waals surface area contributed by atoms with E-state index in [1.165, 1.54) is 0 Å². The molecular formula is C19H16BrNO. The number of ketones is 1. The number of pyridine rings is 1. The van der Waals surface area contributed by atoms with Crippen LogP contribution in [-0.4, -0.2) is 5.78 Å². The highest BCUT2D eigenvalue weighted by Crippen LogP contribution is 2.14. The SMILES string of the molecule is O=C(C[n+]1ccccc1-c1ccccc1)c1ccccc1.[Br-]. The van der Waals surface area contributed by atoms with Crippen molar-refractivity contribution in [2.75, 3.05) is 0 Å². The number of benzene rings is 2. The molecule has 0 saturated carbocycles. The Balaban J connectivity index is 0.00000176. The highest BCUT2D eigenvalue weighted by atomic mass is 79.9. The van der Waals surface area contributed by atoms with Crippen LogP contribution in [0.3, 0.4) is 0 Å². The van der Waals surface area contributed by atoms with Gasteiger partial charge in [-0.05, 0) is 18.2 Å². The van der Waals surface area contributed by atoms with Crippen LogP contribution in [0.2, 0.25) is 0 Å². The van der Waals surface area contributed by atoms with Crippen molar-refractivity contribution in [3.63, 3.8) is 0 Å². The zero-order valence-corrected chi connectivity index (χ0v) is 13.6. The van der Waals surface area contributed by atoms with Crippen molar-refractivity contribution in [1.82, 2.24) is 0 Å². The molecule has 0 aliphatic heterocycles. The van der Waals surface area contributed by atoms with Gasteiger partial charge in [-0.25, -0.2) is 0 Å². The maximum atomic E-state index is 12.4. The fourth-order valence-electron chi connectivity index (χ4n) is 2.36. The van der Waals surface area contributed by atoms with Crippen molar-refractivity contribution >= 4 is 5.78 Å². The molecule has 3 aromatic rings. The van der Waals surface area contributed by atoms with E-state index in [-0.39, 0.29) is 22.8 Å². The van der Waals surface area contributed by atoms with Gasteiger partial charge in [0.25, 0.3) is 0 Å². The second-order valence-corrected chi connectivity index (χ2v) is 4.87. The number of nitrogens with zero attached hydrogens (tertiary/aromatic N) is 1. The topological polar surface area (TPSA) is 20.9 Å². The van der Waals surface area contributed by atoms with Gasteiger partial charge >= 0.3 is 0 Å². The molecular weight excluding hydrogens is 338 g/mol. The zero-order chi connectivity index (χ0) is 14.5. The van der Waals surface area contributed by atoms with Crippen molar-refractivity contribution < 1.29 is 26.3 Å². The smallest absolute Gasteiger partial charge is 0.227 e. The van der Waals surface area contributed by atoms with E-state index in [9.17, 15) is 4.79 Å². The van der Waals surface area contributed by atoms with Gasteiger partial charge in [-0.1, -0.05) is 48.5 Å². The Morgan fingerprint density at radius 3 is 2.05 bits per heavy atom. The van der Waals surface area contributed by atoms with Gasteiger partial charge in [-0.15, -0.1) is 0 Å². The van der Waals surface area contributed by atoms with E-state index in [1.807, 2.05) is 77.5 Å². The van der Waals surface area contributed by atoms with Gasteiger partial charge in [-0.2, -0.15) is 4.57 Å². The molecule has 0 fully saturated rings. The molecule has 0 spiro atoms. The summed E-state index contributed by atoms with van der Waals surface area (Å²) in [6, 6.07) is 25.5. The fraction of sp³-hybridized carbons (Fsp3) is 0.0526. The third kappa shape index (κ3) is 3.68. The van der Waals surface area contributed by atoms with Crippen LogP contribution < -0.4 is 21.5 Å². The third-order valence-electron chi connectivity index (χ3n) is 3.42. The number of aromatic nitrogens is 1. The van der Waals surface area contributed by atoms with Crippen molar-refractivity contribution in [2.45, 2.75) is 6.54 Å². The van der Waals surface area contributed by atoms with Gasteiger partial charge in [0.2, 0.25) is 18.0 Å². The molecule has 0 unspecified atom stereocenters. The number of Topliss-reactive ketones (excluding diaryl/α,β-unsaturated/α-hetero) is 1. The Morgan fingerprint density at radius 2 is 1.36 bits per heavy atom. The zero-order valence-electron chi connectivity index (χ0n) is 12.0. The van der Waals surface area contributed by atoms with Gasteiger partial charge in [0.05, 0.1) is 0 Å². The molecule has 1 heterocycles. The Kier molecular flexibility index (Phi) is 5.61. The molecule has 3 rings (SSSR count). The number of rotatable bonds is 4. The summed E-state index contributed by atoms with van der Waals surface area (Å²) in [6.45, 7) is 0.342. The Bertz CT molecular complexity index is 742. The van der Waals surface area contributed by atoms with Crippen LogP contribution in [0.5, 0.6) is 0 Å². The lowest BCUT2D eigenvalue weighted by Crippen LogP contribution is -3.00. The molecule has 2 nitrogen and oxygen atoms in total. The lowest BCUT2D eigenvalue weighted by molar-refractivity contribution is -0.672. The molecule has 2 aromatic carbocycles. The molecule has 0 saturated heterocycles. The normalized spacial score (nSPS) is 9.82. The summed E-state index contributed by atoms with van der Waals surface area (Å²) in [4.78, 5) is 12.4. The second-order valence-electron chi connectivity index (χ2n) is 4.87. The molecule has 0 N–H and O–H groups in total. The van der Waals surface area contributed by atoms with Crippen LogP contribution in [0.25, 0.3) is 11.3 Å². The van der Waals surface area contributed by atoms with Gasteiger partial charge in [0.15, 0.2) is 6.20 Å². The molecule has 0 atom stereocenters. The monoisotopic (exact) mass is 353 g/mol. The summed E-state index contributed by atoms with van der Waals surface area (Å²) in [7, 11) is 0. The highest BCUT2D eigenvalue weighted by molar-refractivity contribution is 5.95. The Labute approximate surface area is 140 Å². The van der Waals surface area contributed by atoms with Crippen molar-refractivity contribution in [2.24, 2.45) is 0 Å². The van der Waals surface area contributed by atoms with E-state index in [0.717, 1.165) is 16.8 Å². The summed E-state index contributed by atoms with van der Waals surface area (Å²) in [5, 5.41) is 0. The predicted octanol–water partition coefficient (Wildman–Crippen LogP) is 0.528. The average Bonchev–Trinajstić information content (AvgIpc) is 2.57. The molecule has 0 radical (unpaired) electrons. The summed E-state index contributed by atoms with van der Waals surface area (Å²) in [5.41, 5.74) is 2.90. The number of carbonyl (C=O) groups is 1. The third-order valence-corrected chi connectivity index (χ3v) is 3.42. The summed E-state index contributed by atoms with van der Waals surface area (Å²) in [6.07, 6.45) is 1.95. The Hall–Kier alpha value is -2.26. The first kappa shape index (κ1) is 16.1. The van der Waals surface area contributed by atoms with Crippen molar-refractivity contribution in [1.29, 1.82) is 0 Å². The van der Waals surface area contributed by atoms with Gasteiger partial charge in [-0.3, -0.25) is 4.79 Å². The quantitative estimate of drug-likeness (QED) is 0.495. The van der Waals surface area contributed by atoms with E-state index in [1.54, 1.807) is 0 Å². The number of carbonyl (C=O) groups excluding carboxylic acids is 1. The first-order chi connectivity index (χ1) is 10.3. The first-order valence-corrected chi connectivity index (χ1v) is 6.97. The molecule has 3 heteroatoms. The van der Waals surface area contributed by atoms with Crippen LogP contribution in [-0.2, 0) is 6.54 Å². The van der Waals surface area contributed by atoms with Crippen molar-refractivity contribution in [3.05, 3.63) is 90.6 Å². The first-order valence-electron chi connectivity index (χ1n) is 6.97. The van der Waals surface area contributed by atoms with E-state index >= 15 is 0 Å². The molecule has 1 aromatic heterocycles. The standard InChI is InChI=1S/C19H16NO.BrH/c21-19(17-11-5-2-6-12-17)15-20-14-8-7-13-18(20)16-9-3-1-4-10-16;/h1-14H,15H2;1H/q+1;/p-1. The minimum absolute atomic E-state index is 0. The summed E-state index contributed by atoms with van der Waals surface area (Å²) < 4.78 is 1.99. The van der Waals surface area contributed by atoms with E-state index < -0.39 is 0 Å². The molecule has 0 bridgehead atoms. The van der Waals surface area contributed by atoms with E-state index in [4.69, 9.17) is 0 Å². The van der Waals surface area contributed by atoms with Crippen LogP contribution >= 0.6 is 0 Å². The van der Waals surface area contributed by atoms with Gasteiger partial charge < -0.3 is 17.0 Å². The highest BCUT2D eigenvalue weighted by Gasteiger charge is 2.16. The molecule has 110 valence electrons. The maximum Gasteiger partial charge on any atom is 0.227 e. The minimum Gasteiger partial charge on any atom is -1.00 e. The summed E-state index contributed by atoms with van der Waals surface area (Å²) in [5.74, 6) is 0.115. The molecule has 0 aliphatic carbocycles. The minimum atomic E-state index is 0. The van der Waals surface area contributed by atoms with Gasteiger partial charge in [0, 0.05) is 23.3 Å². The second kappa shape index (κ2) is 7.66. The van der Waals surface area contributed by atoms with Crippen LogP contribution in [0.15, 0.2) is 85.1 Å². The van der Waals surface area contributed by atoms with Gasteiger partial charge in [0.1, 0.15) is 0 Å². The summed E-state index contributed by atoms with van der Waals surface area (Å²) >= 11 is 0. The van der Waals surface area contributed by atoms with E-state index in [2.05, 4.69) is 12.1 Å². The van der Waals surface area contributed by atoms with Crippen molar-refractivity contribution in [3.8, 4) is 11.3 Å². The maximum absolute atomic E-state index is 12.4. The average molecular weight is 354 g/mol. The lowest BCUT2D eigenvalue weighted by Gasteiger charge is -2.03. The number of halogens is 1. The fourth-order valence-corrected chi connectivity index (χ4v) is 2.36. The largest absolute Gasteiger partial charge is 1.00 e. The molecule has 22 heavy (non-hydrogen) atoms. The Morgan fingerprint density at radius 1 is 0.773 bits per heavy atom.